The molecule has 1 rings (SSSR count). The Labute approximate surface area is 100 Å². The zero-order valence-electron chi connectivity index (χ0n) is 9.43. The van der Waals surface area contributed by atoms with Crippen LogP contribution in [0.15, 0.2) is 24.3 Å². The molecule has 1 amide bonds. The summed E-state index contributed by atoms with van der Waals surface area (Å²) < 4.78 is 25.5. The van der Waals surface area contributed by atoms with Gasteiger partial charge in [0.05, 0.1) is 5.75 Å². The smallest absolute Gasteiger partial charge is 0.248 e. The van der Waals surface area contributed by atoms with Gasteiger partial charge in [0, 0.05) is 17.8 Å². The third kappa shape index (κ3) is 4.41. The Kier molecular flexibility index (Phi) is 4.47. The monoisotopic (exact) mass is 257 g/mol. The van der Waals surface area contributed by atoms with Crippen LogP contribution in [0.5, 0.6) is 0 Å². The topological polar surface area (TPSA) is 101 Å². The SMILES string of the molecule is CNCCS(=O)(=O)Nc1ccc(C(N)=O)cc1. The summed E-state index contributed by atoms with van der Waals surface area (Å²) in [6.45, 7) is 0.370. The van der Waals surface area contributed by atoms with Crippen LogP contribution in [0, 0.1) is 0 Å². The lowest BCUT2D eigenvalue weighted by Crippen LogP contribution is -2.24. The van der Waals surface area contributed by atoms with Gasteiger partial charge < -0.3 is 11.1 Å². The predicted octanol–water partition coefficient (Wildman–Crippen LogP) is -0.253. The number of carbonyl (C=O) groups excluding carboxylic acids is 1. The second-order valence-electron chi connectivity index (χ2n) is 3.47. The molecule has 1 aromatic rings. The van der Waals surface area contributed by atoms with Crippen LogP contribution in [0.4, 0.5) is 5.69 Å². The molecule has 0 atom stereocenters. The van der Waals surface area contributed by atoms with Crippen molar-refractivity contribution in [1.82, 2.24) is 5.32 Å². The number of amides is 1. The van der Waals surface area contributed by atoms with E-state index in [1.165, 1.54) is 24.3 Å². The van der Waals surface area contributed by atoms with Gasteiger partial charge in [0.25, 0.3) is 0 Å². The highest BCUT2D eigenvalue weighted by atomic mass is 32.2. The number of nitrogens with two attached hydrogens (primary N) is 1. The van der Waals surface area contributed by atoms with E-state index in [1.807, 2.05) is 0 Å². The molecule has 0 saturated heterocycles. The molecule has 7 heteroatoms. The third-order valence-electron chi connectivity index (χ3n) is 2.06. The minimum atomic E-state index is -3.36. The van der Waals surface area contributed by atoms with E-state index < -0.39 is 15.9 Å². The number of hydrogen-bond donors (Lipinski definition) is 3. The lowest BCUT2D eigenvalue weighted by molar-refractivity contribution is 0.100. The Morgan fingerprint density at radius 1 is 1.29 bits per heavy atom. The van der Waals surface area contributed by atoms with Crippen LogP contribution >= 0.6 is 0 Å². The Morgan fingerprint density at radius 3 is 2.35 bits per heavy atom. The van der Waals surface area contributed by atoms with Crippen LogP contribution in [0.3, 0.4) is 0 Å². The molecule has 0 bridgehead atoms. The quantitative estimate of drug-likeness (QED) is 0.654. The van der Waals surface area contributed by atoms with Crippen molar-refractivity contribution in [2.24, 2.45) is 5.73 Å². The van der Waals surface area contributed by atoms with Crippen LogP contribution in [-0.2, 0) is 10.0 Å². The first-order valence-corrected chi connectivity index (χ1v) is 6.65. The predicted molar refractivity (Wildman–Crippen MR) is 66.3 cm³/mol. The highest BCUT2D eigenvalue weighted by molar-refractivity contribution is 7.92. The summed E-state index contributed by atoms with van der Waals surface area (Å²) in [5, 5.41) is 2.75. The van der Waals surface area contributed by atoms with Gasteiger partial charge >= 0.3 is 0 Å². The van der Waals surface area contributed by atoms with Crippen molar-refractivity contribution < 1.29 is 13.2 Å². The first-order valence-electron chi connectivity index (χ1n) is 4.99. The third-order valence-corrected chi connectivity index (χ3v) is 3.35. The fraction of sp³-hybridized carbons (Fsp3) is 0.300. The van der Waals surface area contributed by atoms with Gasteiger partial charge in [0.15, 0.2) is 0 Å². The average Bonchev–Trinajstić information content (AvgIpc) is 2.26. The van der Waals surface area contributed by atoms with E-state index in [0.717, 1.165) is 0 Å². The van der Waals surface area contributed by atoms with Crippen molar-refractivity contribution in [2.75, 3.05) is 24.1 Å². The molecule has 4 N–H and O–H groups in total. The molecule has 0 unspecified atom stereocenters. The second-order valence-corrected chi connectivity index (χ2v) is 5.31. The van der Waals surface area contributed by atoms with Gasteiger partial charge in [0.1, 0.15) is 0 Å². The average molecular weight is 257 g/mol. The number of carbonyl (C=O) groups is 1. The number of hydrogen-bond acceptors (Lipinski definition) is 4. The maximum atomic E-state index is 11.5. The van der Waals surface area contributed by atoms with Gasteiger partial charge in [-0.2, -0.15) is 0 Å². The lowest BCUT2D eigenvalue weighted by atomic mass is 10.2. The second kappa shape index (κ2) is 5.65. The molecule has 0 spiro atoms. The van der Waals surface area contributed by atoms with E-state index in [9.17, 15) is 13.2 Å². The first-order chi connectivity index (χ1) is 7.94. The van der Waals surface area contributed by atoms with E-state index in [2.05, 4.69) is 10.0 Å². The fourth-order valence-electron chi connectivity index (χ4n) is 1.17. The van der Waals surface area contributed by atoms with Crippen molar-refractivity contribution in [2.45, 2.75) is 0 Å². The molecular formula is C10H15N3O3S. The van der Waals surface area contributed by atoms with Crippen molar-refractivity contribution in [3.05, 3.63) is 29.8 Å². The molecule has 0 saturated carbocycles. The van der Waals surface area contributed by atoms with Crippen molar-refractivity contribution >= 4 is 21.6 Å². The van der Waals surface area contributed by atoms with Crippen molar-refractivity contribution in [1.29, 1.82) is 0 Å². The molecule has 17 heavy (non-hydrogen) atoms. The van der Waals surface area contributed by atoms with E-state index in [0.29, 0.717) is 17.8 Å². The first kappa shape index (κ1) is 13.5. The molecular weight excluding hydrogens is 242 g/mol. The molecule has 6 nitrogen and oxygen atoms in total. The minimum Gasteiger partial charge on any atom is -0.366 e. The van der Waals surface area contributed by atoms with Gasteiger partial charge in [0.2, 0.25) is 15.9 Å². The summed E-state index contributed by atoms with van der Waals surface area (Å²) in [4.78, 5) is 10.8. The zero-order valence-corrected chi connectivity index (χ0v) is 10.3. The van der Waals surface area contributed by atoms with Crippen LogP contribution in [-0.4, -0.2) is 33.7 Å². The molecule has 0 fully saturated rings. The number of nitrogens with one attached hydrogen (secondary N) is 2. The maximum absolute atomic E-state index is 11.5. The van der Waals surface area contributed by atoms with E-state index in [1.54, 1.807) is 7.05 Å². The molecule has 94 valence electrons. The van der Waals surface area contributed by atoms with Crippen LogP contribution in [0.2, 0.25) is 0 Å². The van der Waals surface area contributed by atoms with E-state index in [-0.39, 0.29) is 5.75 Å². The van der Waals surface area contributed by atoms with Crippen LogP contribution in [0.1, 0.15) is 10.4 Å². The summed E-state index contributed by atoms with van der Waals surface area (Å²) in [5.74, 6) is -0.560. The maximum Gasteiger partial charge on any atom is 0.248 e. The largest absolute Gasteiger partial charge is 0.366 e. The number of rotatable bonds is 6. The van der Waals surface area contributed by atoms with Crippen LogP contribution in [0.25, 0.3) is 0 Å². The molecule has 0 aliphatic carbocycles. The lowest BCUT2D eigenvalue weighted by Gasteiger charge is -2.07. The number of benzene rings is 1. The minimum absolute atomic E-state index is 0.0128. The van der Waals surface area contributed by atoms with Gasteiger partial charge in [-0.05, 0) is 31.3 Å². The summed E-state index contributed by atoms with van der Waals surface area (Å²) in [5.41, 5.74) is 5.82. The standard InChI is InChI=1S/C10H15N3O3S/c1-12-6-7-17(15,16)13-9-4-2-8(3-5-9)10(11)14/h2-5,12-13H,6-7H2,1H3,(H2,11,14). The number of primary amides is 1. The Bertz CT molecular complexity index is 482. The Hall–Kier alpha value is -1.60. The highest BCUT2D eigenvalue weighted by Crippen LogP contribution is 2.10. The van der Waals surface area contributed by atoms with Crippen LogP contribution < -0.4 is 15.8 Å². The normalized spacial score (nSPS) is 11.1. The summed E-state index contributed by atoms with van der Waals surface area (Å²) >= 11 is 0. The Balaban J connectivity index is 2.72. The molecule has 0 aromatic heterocycles. The van der Waals surface area contributed by atoms with E-state index in [4.69, 9.17) is 5.73 Å². The zero-order chi connectivity index (χ0) is 12.9. The molecule has 0 radical (unpaired) electrons. The van der Waals surface area contributed by atoms with Gasteiger partial charge in [-0.25, -0.2) is 8.42 Å². The molecule has 0 heterocycles. The van der Waals surface area contributed by atoms with Crippen molar-refractivity contribution in [3.63, 3.8) is 0 Å². The number of sulfonamides is 1. The summed E-state index contributed by atoms with van der Waals surface area (Å²) in [6, 6.07) is 5.94. The fourth-order valence-corrected chi connectivity index (χ4v) is 2.24. The summed E-state index contributed by atoms with van der Waals surface area (Å²) in [7, 11) is -1.68. The van der Waals surface area contributed by atoms with Gasteiger partial charge in [-0.1, -0.05) is 0 Å². The van der Waals surface area contributed by atoms with Gasteiger partial charge in [-0.15, -0.1) is 0 Å². The molecule has 1 aromatic carbocycles. The molecule has 0 aliphatic rings. The Morgan fingerprint density at radius 2 is 1.88 bits per heavy atom. The number of anilines is 1. The molecule has 0 aliphatic heterocycles. The van der Waals surface area contributed by atoms with E-state index >= 15 is 0 Å². The highest BCUT2D eigenvalue weighted by Gasteiger charge is 2.09. The van der Waals surface area contributed by atoms with Gasteiger partial charge in [-0.3, -0.25) is 9.52 Å². The summed E-state index contributed by atoms with van der Waals surface area (Å²) in [6.07, 6.45) is 0. The van der Waals surface area contributed by atoms with Crippen molar-refractivity contribution in [3.8, 4) is 0 Å².